The van der Waals surface area contributed by atoms with Crippen LogP contribution in [0, 0.1) is 5.82 Å². The van der Waals surface area contributed by atoms with Crippen molar-refractivity contribution < 1.29 is 9.13 Å². The van der Waals surface area contributed by atoms with Crippen molar-refractivity contribution in [3.63, 3.8) is 0 Å². The van der Waals surface area contributed by atoms with Crippen molar-refractivity contribution in [1.82, 2.24) is 0 Å². The first kappa shape index (κ1) is 24.4. The fourth-order valence-electron chi connectivity index (χ4n) is 3.80. The van der Waals surface area contributed by atoms with E-state index in [1.165, 1.54) is 69.8 Å². The Morgan fingerprint density at radius 2 is 1.20 bits per heavy atom. The van der Waals surface area contributed by atoms with E-state index in [1.807, 2.05) is 6.07 Å². The highest BCUT2D eigenvalue weighted by atomic mass is 19.1. The highest BCUT2D eigenvalue weighted by molar-refractivity contribution is 5.64. The van der Waals surface area contributed by atoms with Gasteiger partial charge in [0.2, 0.25) is 0 Å². The van der Waals surface area contributed by atoms with Gasteiger partial charge >= 0.3 is 0 Å². The van der Waals surface area contributed by atoms with Crippen LogP contribution >= 0.6 is 0 Å². The van der Waals surface area contributed by atoms with Gasteiger partial charge in [-0.05, 0) is 48.1 Å². The van der Waals surface area contributed by atoms with Crippen LogP contribution in [0.1, 0.15) is 96.5 Å². The van der Waals surface area contributed by atoms with E-state index in [4.69, 9.17) is 4.74 Å². The summed E-state index contributed by atoms with van der Waals surface area (Å²) in [4.78, 5) is 0. The Bertz CT molecular complexity index is 692. The zero-order valence-corrected chi connectivity index (χ0v) is 19.2. The SMILES string of the molecule is CCCCCCCCCCCCc1ccc(-c2ccc(OCCCC)c(F)c2)cc1. The predicted molar refractivity (Wildman–Crippen MR) is 128 cm³/mol. The quantitative estimate of drug-likeness (QED) is 0.250. The predicted octanol–water partition coefficient (Wildman–Crippen LogP) is 9.13. The summed E-state index contributed by atoms with van der Waals surface area (Å²) in [6, 6.07) is 13.9. The van der Waals surface area contributed by atoms with E-state index in [2.05, 4.69) is 38.1 Å². The number of hydrogen-bond donors (Lipinski definition) is 0. The lowest BCUT2D eigenvalue weighted by Crippen LogP contribution is -1.98. The molecule has 0 heterocycles. The number of hydrogen-bond acceptors (Lipinski definition) is 1. The van der Waals surface area contributed by atoms with Crippen molar-refractivity contribution in [3.8, 4) is 16.9 Å². The van der Waals surface area contributed by atoms with Crippen molar-refractivity contribution in [2.45, 2.75) is 97.3 Å². The molecule has 0 amide bonds. The molecule has 0 spiro atoms. The summed E-state index contributed by atoms with van der Waals surface area (Å²) < 4.78 is 19.8. The summed E-state index contributed by atoms with van der Waals surface area (Å²) in [6.07, 6.45) is 16.8. The molecule has 0 N–H and O–H groups in total. The van der Waals surface area contributed by atoms with Gasteiger partial charge in [-0.25, -0.2) is 4.39 Å². The van der Waals surface area contributed by atoms with Gasteiger partial charge in [-0.15, -0.1) is 0 Å². The second-order valence-electron chi connectivity index (χ2n) is 8.48. The van der Waals surface area contributed by atoms with Gasteiger partial charge in [0.1, 0.15) is 0 Å². The minimum absolute atomic E-state index is 0.280. The van der Waals surface area contributed by atoms with Gasteiger partial charge in [-0.2, -0.15) is 0 Å². The van der Waals surface area contributed by atoms with Crippen molar-refractivity contribution in [2.75, 3.05) is 6.61 Å². The highest BCUT2D eigenvalue weighted by Crippen LogP contribution is 2.26. The van der Waals surface area contributed by atoms with Crippen molar-refractivity contribution >= 4 is 0 Å². The van der Waals surface area contributed by atoms with E-state index in [0.717, 1.165) is 30.4 Å². The Morgan fingerprint density at radius 1 is 0.633 bits per heavy atom. The molecular formula is C28H41FO. The second kappa shape index (κ2) is 15.0. The monoisotopic (exact) mass is 412 g/mol. The number of unbranched alkanes of at least 4 members (excludes halogenated alkanes) is 10. The zero-order chi connectivity index (χ0) is 21.4. The molecule has 0 aliphatic rings. The average molecular weight is 413 g/mol. The normalized spacial score (nSPS) is 11.0. The maximum atomic E-state index is 14.3. The number of aryl methyl sites for hydroxylation is 1. The molecule has 0 saturated heterocycles. The molecule has 0 aliphatic heterocycles. The molecule has 0 aromatic heterocycles. The molecule has 1 nitrogen and oxygen atoms in total. The van der Waals surface area contributed by atoms with Crippen LogP contribution in [-0.2, 0) is 6.42 Å². The lowest BCUT2D eigenvalue weighted by molar-refractivity contribution is 0.294. The minimum atomic E-state index is -0.280. The van der Waals surface area contributed by atoms with Crippen LogP contribution in [0.3, 0.4) is 0 Å². The molecule has 2 aromatic rings. The molecule has 2 heteroatoms. The Balaban J connectivity index is 1.68. The number of rotatable bonds is 16. The molecule has 166 valence electrons. The Labute approximate surface area is 184 Å². The van der Waals surface area contributed by atoms with Crippen LogP contribution in [-0.4, -0.2) is 6.61 Å². The largest absolute Gasteiger partial charge is 0.491 e. The van der Waals surface area contributed by atoms with Gasteiger partial charge in [0, 0.05) is 0 Å². The molecular weight excluding hydrogens is 371 g/mol. The number of halogens is 1. The average Bonchev–Trinajstić information content (AvgIpc) is 2.77. The lowest BCUT2D eigenvalue weighted by Gasteiger charge is -2.09. The van der Waals surface area contributed by atoms with Crippen LogP contribution in [0.4, 0.5) is 4.39 Å². The molecule has 0 unspecified atom stereocenters. The van der Waals surface area contributed by atoms with E-state index in [1.54, 1.807) is 12.1 Å². The Hall–Kier alpha value is -1.83. The molecule has 0 aliphatic carbocycles. The molecule has 30 heavy (non-hydrogen) atoms. The van der Waals surface area contributed by atoms with Gasteiger partial charge in [-0.1, -0.05) is 108 Å². The van der Waals surface area contributed by atoms with Gasteiger partial charge in [0.15, 0.2) is 11.6 Å². The van der Waals surface area contributed by atoms with E-state index in [9.17, 15) is 4.39 Å². The molecule has 0 saturated carbocycles. The summed E-state index contributed by atoms with van der Waals surface area (Å²) in [5, 5.41) is 0. The smallest absolute Gasteiger partial charge is 0.165 e. The number of ether oxygens (including phenoxy) is 1. The van der Waals surface area contributed by atoms with Crippen LogP contribution in [0.25, 0.3) is 11.1 Å². The van der Waals surface area contributed by atoms with Crippen molar-refractivity contribution in [1.29, 1.82) is 0 Å². The van der Waals surface area contributed by atoms with E-state index >= 15 is 0 Å². The molecule has 2 rings (SSSR count). The molecule has 0 fully saturated rings. The first-order valence-electron chi connectivity index (χ1n) is 12.3. The van der Waals surface area contributed by atoms with Gasteiger partial charge in [0.05, 0.1) is 6.61 Å². The summed E-state index contributed by atoms with van der Waals surface area (Å²) in [7, 11) is 0. The van der Waals surface area contributed by atoms with E-state index < -0.39 is 0 Å². The van der Waals surface area contributed by atoms with Gasteiger partial charge in [-0.3, -0.25) is 0 Å². The summed E-state index contributed by atoms with van der Waals surface area (Å²) >= 11 is 0. The highest BCUT2D eigenvalue weighted by Gasteiger charge is 2.06. The van der Waals surface area contributed by atoms with E-state index in [-0.39, 0.29) is 5.82 Å². The number of benzene rings is 2. The zero-order valence-electron chi connectivity index (χ0n) is 19.2. The maximum Gasteiger partial charge on any atom is 0.165 e. The maximum absolute atomic E-state index is 14.3. The van der Waals surface area contributed by atoms with Gasteiger partial charge in [0.25, 0.3) is 0 Å². The lowest BCUT2D eigenvalue weighted by atomic mass is 10.0. The molecule has 0 bridgehead atoms. The van der Waals surface area contributed by atoms with Crippen LogP contribution in [0.5, 0.6) is 5.75 Å². The standard InChI is InChI=1S/C28H41FO/c1-3-5-7-8-9-10-11-12-13-14-15-24-16-18-25(19-17-24)26-20-21-28(27(29)23-26)30-22-6-4-2/h16-21,23H,3-15,22H2,1-2H3. The molecule has 2 aromatic carbocycles. The third-order valence-electron chi connectivity index (χ3n) is 5.79. The van der Waals surface area contributed by atoms with Crippen LogP contribution < -0.4 is 4.74 Å². The second-order valence-corrected chi connectivity index (χ2v) is 8.48. The molecule has 0 atom stereocenters. The van der Waals surface area contributed by atoms with Crippen LogP contribution in [0.2, 0.25) is 0 Å². The van der Waals surface area contributed by atoms with E-state index in [0.29, 0.717) is 12.4 Å². The first-order chi connectivity index (χ1) is 14.7. The fourth-order valence-corrected chi connectivity index (χ4v) is 3.80. The fraction of sp³-hybridized carbons (Fsp3) is 0.571. The van der Waals surface area contributed by atoms with Crippen molar-refractivity contribution in [2.24, 2.45) is 0 Å². The first-order valence-corrected chi connectivity index (χ1v) is 12.3. The molecule has 0 radical (unpaired) electrons. The summed E-state index contributed by atoms with van der Waals surface area (Å²) in [5.74, 6) is 0.0721. The minimum Gasteiger partial charge on any atom is -0.491 e. The van der Waals surface area contributed by atoms with Crippen LogP contribution in [0.15, 0.2) is 42.5 Å². The Morgan fingerprint density at radius 3 is 1.80 bits per heavy atom. The van der Waals surface area contributed by atoms with Gasteiger partial charge < -0.3 is 4.74 Å². The Kier molecular flexibility index (Phi) is 12.3. The topological polar surface area (TPSA) is 9.23 Å². The van der Waals surface area contributed by atoms with Crippen molar-refractivity contribution in [3.05, 3.63) is 53.8 Å². The summed E-state index contributed by atoms with van der Waals surface area (Å²) in [5.41, 5.74) is 3.33. The third kappa shape index (κ3) is 9.32. The summed E-state index contributed by atoms with van der Waals surface area (Å²) in [6.45, 7) is 4.94. The third-order valence-corrected chi connectivity index (χ3v) is 5.79.